The first kappa shape index (κ1) is 17.9. The zero-order valence-electron chi connectivity index (χ0n) is 14.5. The largest absolute Gasteiger partial charge is 0.339 e. The van der Waals surface area contributed by atoms with Gasteiger partial charge in [0.2, 0.25) is 5.89 Å². The molecule has 7 heteroatoms. The van der Waals surface area contributed by atoms with Crippen molar-refractivity contribution in [3.63, 3.8) is 0 Å². The molecule has 2 rings (SSSR count). The van der Waals surface area contributed by atoms with E-state index in [1.807, 2.05) is 37.4 Å². The van der Waals surface area contributed by atoms with Crippen molar-refractivity contribution in [2.75, 3.05) is 20.6 Å². The topological polar surface area (TPSA) is 83.3 Å². The Balaban J connectivity index is 1.72. The van der Waals surface area contributed by atoms with Crippen LogP contribution in [0.3, 0.4) is 0 Å². The van der Waals surface area contributed by atoms with Gasteiger partial charge in [-0.3, -0.25) is 0 Å². The fourth-order valence-electron chi connectivity index (χ4n) is 2.19. The summed E-state index contributed by atoms with van der Waals surface area (Å²) in [5.41, 5.74) is 1.09. The van der Waals surface area contributed by atoms with Crippen LogP contribution in [0.1, 0.15) is 24.2 Å². The van der Waals surface area contributed by atoms with E-state index < -0.39 is 0 Å². The number of benzene rings is 1. The summed E-state index contributed by atoms with van der Waals surface area (Å²) in [5.74, 6) is 1.22. The van der Waals surface area contributed by atoms with E-state index >= 15 is 0 Å². The summed E-state index contributed by atoms with van der Waals surface area (Å²) in [6.07, 6.45) is 1.23. The van der Waals surface area contributed by atoms with Crippen molar-refractivity contribution in [2.45, 2.75) is 32.4 Å². The lowest BCUT2D eigenvalue weighted by Gasteiger charge is -2.17. The number of hydrogen-bond donors (Lipinski definition) is 2. The number of nitrogens with zero attached hydrogens (tertiary/aromatic N) is 3. The molecule has 2 N–H and O–H groups in total. The van der Waals surface area contributed by atoms with Gasteiger partial charge in [-0.2, -0.15) is 4.98 Å². The lowest BCUT2D eigenvalue weighted by molar-refractivity contribution is 0.206. The van der Waals surface area contributed by atoms with E-state index in [0.717, 1.165) is 5.56 Å². The van der Waals surface area contributed by atoms with Crippen molar-refractivity contribution in [1.29, 1.82) is 0 Å². The van der Waals surface area contributed by atoms with E-state index in [1.165, 1.54) is 0 Å². The highest BCUT2D eigenvalue weighted by atomic mass is 16.5. The van der Waals surface area contributed by atoms with E-state index in [-0.39, 0.29) is 6.03 Å². The molecule has 0 saturated heterocycles. The summed E-state index contributed by atoms with van der Waals surface area (Å²) in [5, 5.41) is 9.93. The second-order valence-electron chi connectivity index (χ2n) is 5.82. The fourth-order valence-corrected chi connectivity index (χ4v) is 2.19. The van der Waals surface area contributed by atoms with Gasteiger partial charge in [-0.25, -0.2) is 4.79 Å². The number of amides is 2. The van der Waals surface area contributed by atoms with Gasteiger partial charge in [-0.15, -0.1) is 0 Å². The minimum Gasteiger partial charge on any atom is -0.339 e. The Hall–Kier alpha value is -2.41. The van der Waals surface area contributed by atoms with Crippen molar-refractivity contribution in [2.24, 2.45) is 0 Å². The quantitative estimate of drug-likeness (QED) is 0.768. The van der Waals surface area contributed by atoms with Gasteiger partial charge in [0.1, 0.15) is 0 Å². The number of rotatable bonds is 8. The van der Waals surface area contributed by atoms with Crippen LogP contribution in [-0.4, -0.2) is 47.8 Å². The van der Waals surface area contributed by atoms with Crippen LogP contribution in [0.25, 0.3) is 0 Å². The molecule has 0 saturated carbocycles. The highest BCUT2D eigenvalue weighted by Crippen LogP contribution is 2.03. The van der Waals surface area contributed by atoms with Crippen LogP contribution in [0.5, 0.6) is 0 Å². The van der Waals surface area contributed by atoms with Crippen molar-refractivity contribution in [3.8, 4) is 0 Å². The van der Waals surface area contributed by atoms with Gasteiger partial charge in [-0.1, -0.05) is 35.5 Å². The third kappa shape index (κ3) is 5.66. The number of nitrogens with one attached hydrogen (secondary N) is 2. The fraction of sp³-hybridized carbons (Fsp3) is 0.471. The Morgan fingerprint density at radius 3 is 2.79 bits per heavy atom. The maximum absolute atomic E-state index is 12.1. The molecule has 0 aliphatic heterocycles. The number of likely N-dealkylation sites (N-methyl/N-ethyl adjacent to an activating group) is 1. The molecule has 1 unspecified atom stereocenters. The summed E-state index contributed by atoms with van der Waals surface area (Å²) in [6.45, 7) is 3.08. The molecule has 2 aromatic rings. The molecular formula is C17H25N5O2. The zero-order valence-corrected chi connectivity index (χ0v) is 14.5. The van der Waals surface area contributed by atoms with E-state index in [4.69, 9.17) is 4.52 Å². The zero-order chi connectivity index (χ0) is 17.4. The van der Waals surface area contributed by atoms with Crippen LogP contribution in [0, 0.1) is 0 Å². The number of urea groups is 1. The average molecular weight is 331 g/mol. The van der Waals surface area contributed by atoms with Crippen LogP contribution >= 0.6 is 0 Å². The minimum absolute atomic E-state index is 0.123. The number of carbonyl (C=O) groups is 1. The molecular weight excluding hydrogens is 306 g/mol. The molecule has 0 bridgehead atoms. The third-order valence-corrected chi connectivity index (χ3v) is 3.72. The lowest BCUT2D eigenvalue weighted by Crippen LogP contribution is -2.37. The molecule has 1 atom stereocenters. The van der Waals surface area contributed by atoms with Gasteiger partial charge >= 0.3 is 6.03 Å². The Bertz CT molecular complexity index is 629. The monoisotopic (exact) mass is 331 g/mol. The third-order valence-electron chi connectivity index (χ3n) is 3.72. The van der Waals surface area contributed by atoms with E-state index in [9.17, 15) is 4.79 Å². The average Bonchev–Trinajstić information content (AvgIpc) is 3.02. The summed E-state index contributed by atoms with van der Waals surface area (Å²) in [7, 11) is 3.67. The molecule has 1 aromatic carbocycles. The number of aromatic nitrogens is 2. The van der Waals surface area contributed by atoms with Gasteiger partial charge in [0.25, 0.3) is 0 Å². The maximum Gasteiger partial charge on any atom is 0.317 e. The summed E-state index contributed by atoms with van der Waals surface area (Å²) in [4.78, 5) is 18.0. The SMILES string of the molecule is CNC(C)Cc1noc(CCNC(=O)N(C)Cc2ccccc2)n1. The Kier molecular flexibility index (Phi) is 6.74. The van der Waals surface area contributed by atoms with Gasteiger partial charge in [0.05, 0.1) is 0 Å². The predicted molar refractivity (Wildman–Crippen MR) is 91.5 cm³/mol. The van der Waals surface area contributed by atoms with Crippen LogP contribution in [0.15, 0.2) is 34.9 Å². The predicted octanol–water partition coefficient (Wildman–Crippen LogP) is 1.60. The van der Waals surface area contributed by atoms with Crippen molar-refractivity contribution in [1.82, 2.24) is 25.7 Å². The molecule has 24 heavy (non-hydrogen) atoms. The summed E-state index contributed by atoms with van der Waals surface area (Å²) in [6, 6.07) is 10.0. The van der Waals surface area contributed by atoms with Gasteiger partial charge in [0.15, 0.2) is 5.82 Å². The van der Waals surface area contributed by atoms with Crippen molar-refractivity contribution < 1.29 is 9.32 Å². The second kappa shape index (κ2) is 9.02. The van der Waals surface area contributed by atoms with Crippen LogP contribution < -0.4 is 10.6 Å². The highest BCUT2D eigenvalue weighted by molar-refractivity contribution is 5.73. The first-order valence-corrected chi connectivity index (χ1v) is 8.10. The molecule has 2 amide bonds. The van der Waals surface area contributed by atoms with Crippen molar-refractivity contribution >= 4 is 6.03 Å². The smallest absolute Gasteiger partial charge is 0.317 e. The maximum atomic E-state index is 12.1. The Morgan fingerprint density at radius 1 is 1.33 bits per heavy atom. The van der Waals surface area contributed by atoms with Gasteiger partial charge < -0.3 is 20.1 Å². The van der Waals surface area contributed by atoms with Gasteiger partial charge in [0, 0.05) is 39.0 Å². The number of carbonyl (C=O) groups excluding carboxylic acids is 1. The standard InChI is InChI=1S/C17H25N5O2/c1-13(18-2)11-15-20-16(24-21-15)9-10-19-17(23)22(3)12-14-7-5-4-6-8-14/h4-8,13,18H,9-12H2,1-3H3,(H,19,23). The summed E-state index contributed by atoms with van der Waals surface area (Å²) < 4.78 is 5.19. The lowest BCUT2D eigenvalue weighted by atomic mass is 10.2. The summed E-state index contributed by atoms with van der Waals surface area (Å²) >= 11 is 0. The molecule has 0 fully saturated rings. The van der Waals surface area contributed by atoms with Crippen LogP contribution in [0.2, 0.25) is 0 Å². The van der Waals surface area contributed by atoms with E-state index in [0.29, 0.717) is 43.7 Å². The molecule has 1 aromatic heterocycles. The van der Waals surface area contributed by atoms with Crippen molar-refractivity contribution in [3.05, 3.63) is 47.6 Å². The molecule has 0 spiro atoms. The van der Waals surface area contributed by atoms with E-state index in [2.05, 4.69) is 27.7 Å². The second-order valence-corrected chi connectivity index (χ2v) is 5.82. The number of hydrogen-bond acceptors (Lipinski definition) is 5. The molecule has 130 valence electrons. The molecule has 7 nitrogen and oxygen atoms in total. The Morgan fingerprint density at radius 2 is 2.08 bits per heavy atom. The molecule has 0 aliphatic carbocycles. The van der Waals surface area contributed by atoms with E-state index in [1.54, 1.807) is 11.9 Å². The molecule has 1 heterocycles. The highest BCUT2D eigenvalue weighted by Gasteiger charge is 2.11. The normalized spacial score (nSPS) is 12.0. The minimum atomic E-state index is -0.123. The molecule has 0 aliphatic rings. The first-order chi connectivity index (χ1) is 11.6. The first-order valence-electron chi connectivity index (χ1n) is 8.10. The molecule has 0 radical (unpaired) electrons. The Labute approximate surface area is 142 Å². The van der Waals surface area contributed by atoms with Crippen LogP contribution in [0.4, 0.5) is 4.79 Å². The van der Waals surface area contributed by atoms with Crippen LogP contribution in [-0.2, 0) is 19.4 Å². The van der Waals surface area contributed by atoms with Gasteiger partial charge in [-0.05, 0) is 19.5 Å².